The maximum Gasteiger partial charge on any atom is 0.416 e. The van der Waals surface area contributed by atoms with E-state index in [0.717, 1.165) is 12.1 Å². The molecule has 3 aliphatic rings. The molecule has 3 heterocycles. The lowest BCUT2D eigenvalue weighted by Gasteiger charge is -2.36. The maximum absolute atomic E-state index is 13.0. The number of rotatable bonds is 5. The van der Waals surface area contributed by atoms with Gasteiger partial charge in [-0.15, -0.1) is 0 Å². The third kappa shape index (κ3) is 4.35. The van der Waals surface area contributed by atoms with Crippen molar-refractivity contribution in [1.82, 2.24) is 14.2 Å². The second-order valence-electron chi connectivity index (χ2n) is 8.72. The molecular weight excluding hydrogens is 443 g/mol. The normalized spacial score (nSPS) is 25.0. The Labute approximate surface area is 185 Å². The maximum atomic E-state index is 13.0. The Kier molecular flexibility index (Phi) is 5.42. The molecular formula is C22H24F3N3O3S. The van der Waals surface area contributed by atoms with Gasteiger partial charge in [-0.3, -0.25) is 4.90 Å². The van der Waals surface area contributed by atoms with Gasteiger partial charge in [0.2, 0.25) is 15.9 Å². The number of fused-ring (bicyclic) bond motifs is 1. The lowest BCUT2D eigenvalue weighted by Crippen LogP contribution is -2.51. The number of piperazine rings is 1. The van der Waals surface area contributed by atoms with E-state index in [2.05, 4.69) is 9.88 Å². The zero-order valence-corrected chi connectivity index (χ0v) is 18.1. The summed E-state index contributed by atoms with van der Waals surface area (Å²) in [5.41, 5.74) is 0.267. The predicted octanol–water partition coefficient (Wildman–Crippen LogP) is 3.50. The first-order valence-electron chi connectivity index (χ1n) is 10.7. The van der Waals surface area contributed by atoms with E-state index in [1.165, 1.54) is 28.8 Å². The van der Waals surface area contributed by atoms with Crippen LogP contribution >= 0.6 is 0 Å². The molecule has 0 amide bonds. The molecule has 1 aromatic carbocycles. The lowest BCUT2D eigenvalue weighted by atomic mass is 10.1. The van der Waals surface area contributed by atoms with Crippen molar-refractivity contribution in [3.63, 3.8) is 0 Å². The summed E-state index contributed by atoms with van der Waals surface area (Å²) in [6, 6.07) is 7.82. The van der Waals surface area contributed by atoms with Gasteiger partial charge in [-0.25, -0.2) is 13.4 Å². The minimum atomic E-state index is -4.59. The van der Waals surface area contributed by atoms with Crippen LogP contribution in [0.1, 0.15) is 36.3 Å². The van der Waals surface area contributed by atoms with E-state index >= 15 is 0 Å². The van der Waals surface area contributed by atoms with Gasteiger partial charge in [0.25, 0.3) is 0 Å². The second-order valence-corrected chi connectivity index (χ2v) is 10.7. The van der Waals surface area contributed by atoms with E-state index in [9.17, 15) is 21.6 Å². The van der Waals surface area contributed by atoms with Gasteiger partial charge >= 0.3 is 6.18 Å². The third-order valence-electron chi connectivity index (χ3n) is 6.44. The van der Waals surface area contributed by atoms with Crippen molar-refractivity contribution in [2.24, 2.45) is 0 Å². The van der Waals surface area contributed by atoms with Crippen molar-refractivity contribution in [3.8, 4) is 5.88 Å². The van der Waals surface area contributed by atoms with Crippen molar-refractivity contribution in [3.05, 3.63) is 53.7 Å². The first-order chi connectivity index (χ1) is 15.2. The highest BCUT2D eigenvalue weighted by Gasteiger charge is 2.41. The summed E-state index contributed by atoms with van der Waals surface area (Å²) in [6.45, 7) is 1.65. The Bertz CT molecular complexity index is 1090. The van der Waals surface area contributed by atoms with Gasteiger partial charge in [0.15, 0.2) is 0 Å². The van der Waals surface area contributed by atoms with Crippen molar-refractivity contribution in [1.29, 1.82) is 0 Å². The van der Waals surface area contributed by atoms with Crippen LogP contribution in [-0.2, 0) is 16.2 Å². The average molecular weight is 468 g/mol. The van der Waals surface area contributed by atoms with Gasteiger partial charge in [-0.2, -0.15) is 17.5 Å². The number of sulfonamides is 1. The number of pyridine rings is 1. The zero-order chi connectivity index (χ0) is 22.5. The fraction of sp³-hybridized carbons (Fsp3) is 0.500. The highest BCUT2D eigenvalue weighted by atomic mass is 32.2. The van der Waals surface area contributed by atoms with E-state index < -0.39 is 21.8 Å². The number of hydrogen-bond donors (Lipinski definition) is 0. The molecule has 10 heteroatoms. The van der Waals surface area contributed by atoms with Gasteiger partial charge in [0.1, 0.15) is 6.10 Å². The van der Waals surface area contributed by atoms with Crippen LogP contribution in [0.2, 0.25) is 0 Å². The molecule has 6 nitrogen and oxygen atoms in total. The molecule has 0 spiro atoms. The SMILES string of the molecule is O=S(=O)(c1cccc(C(F)(F)F)c1)N1CCN2C[C@@H](Oc3ccc(C4CC4)cn3)C[C@H]2C1. The summed E-state index contributed by atoms with van der Waals surface area (Å²) in [6.07, 6.45) is 0.225. The van der Waals surface area contributed by atoms with Gasteiger partial charge in [-0.1, -0.05) is 12.1 Å². The van der Waals surface area contributed by atoms with Gasteiger partial charge in [0.05, 0.1) is 10.5 Å². The van der Waals surface area contributed by atoms with Crippen molar-refractivity contribution in [2.75, 3.05) is 26.2 Å². The molecule has 0 unspecified atom stereocenters. The average Bonchev–Trinajstić information content (AvgIpc) is 3.53. The number of aromatic nitrogens is 1. The molecule has 2 saturated heterocycles. The number of benzene rings is 1. The molecule has 1 saturated carbocycles. The predicted molar refractivity (Wildman–Crippen MR) is 111 cm³/mol. The number of ether oxygens (including phenoxy) is 1. The molecule has 1 aromatic heterocycles. The Morgan fingerprint density at radius 3 is 2.56 bits per heavy atom. The number of alkyl halides is 3. The largest absolute Gasteiger partial charge is 0.473 e. The highest BCUT2D eigenvalue weighted by molar-refractivity contribution is 7.89. The van der Waals surface area contributed by atoms with Crippen LogP contribution in [0, 0.1) is 0 Å². The minimum absolute atomic E-state index is 0.0416. The first-order valence-corrected chi connectivity index (χ1v) is 12.2. The van der Waals surface area contributed by atoms with Crippen LogP contribution in [0.25, 0.3) is 0 Å². The highest BCUT2D eigenvalue weighted by Crippen LogP contribution is 2.40. The van der Waals surface area contributed by atoms with Gasteiger partial charge < -0.3 is 4.74 Å². The summed E-state index contributed by atoms with van der Waals surface area (Å²) >= 11 is 0. The van der Waals surface area contributed by atoms with Crippen LogP contribution in [0.3, 0.4) is 0 Å². The standard InChI is InChI=1S/C22H24F3N3O3S/c23-22(24,25)17-2-1-3-20(10-17)32(29,30)28-9-8-27-14-19(11-18(27)13-28)31-21-7-6-16(12-26-21)15-4-5-15/h1-3,6-7,10,12,15,18-19H,4-5,8-9,11,13-14H2/t18-,19-/m0/s1. The Morgan fingerprint density at radius 2 is 1.88 bits per heavy atom. The van der Waals surface area contributed by atoms with Gasteiger partial charge in [-0.05, 0) is 42.5 Å². The second kappa shape index (κ2) is 8.00. The smallest absolute Gasteiger partial charge is 0.416 e. The molecule has 172 valence electrons. The lowest BCUT2D eigenvalue weighted by molar-refractivity contribution is -0.137. The van der Waals surface area contributed by atoms with Crippen LogP contribution in [0.15, 0.2) is 47.5 Å². The van der Waals surface area contributed by atoms with Gasteiger partial charge in [0, 0.05) is 50.9 Å². The van der Waals surface area contributed by atoms with E-state index in [-0.39, 0.29) is 30.1 Å². The Morgan fingerprint density at radius 1 is 1.06 bits per heavy atom. The fourth-order valence-corrected chi connectivity index (χ4v) is 6.06. The first kappa shape index (κ1) is 21.7. The van der Waals surface area contributed by atoms with E-state index in [4.69, 9.17) is 4.74 Å². The third-order valence-corrected chi connectivity index (χ3v) is 8.30. The van der Waals surface area contributed by atoms with E-state index in [1.807, 2.05) is 18.3 Å². The minimum Gasteiger partial charge on any atom is -0.473 e. The summed E-state index contributed by atoms with van der Waals surface area (Å²) in [5, 5.41) is 0. The Balaban J connectivity index is 1.24. The molecule has 0 N–H and O–H groups in total. The molecule has 3 fully saturated rings. The van der Waals surface area contributed by atoms with Crippen molar-refractivity contribution < 1.29 is 26.3 Å². The summed E-state index contributed by atoms with van der Waals surface area (Å²) in [7, 11) is -4.01. The molecule has 2 atom stereocenters. The fourth-order valence-electron chi connectivity index (χ4n) is 4.54. The molecule has 1 aliphatic carbocycles. The topological polar surface area (TPSA) is 62.7 Å². The zero-order valence-electron chi connectivity index (χ0n) is 17.3. The summed E-state index contributed by atoms with van der Waals surface area (Å²) in [5.74, 6) is 1.19. The molecule has 2 aliphatic heterocycles. The Hall–Kier alpha value is -2.17. The van der Waals surface area contributed by atoms with Crippen LogP contribution in [0.4, 0.5) is 13.2 Å². The molecule has 5 rings (SSSR count). The summed E-state index contributed by atoms with van der Waals surface area (Å²) < 4.78 is 72.4. The monoisotopic (exact) mass is 467 g/mol. The van der Waals surface area contributed by atoms with Crippen molar-refractivity contribution in [2.45, 2.75) is 48.4 Å². The van der Waals surface area contributed by atoms with Crippen LogP contribution in [0.5, 0.6) is 5.88 Å². The number of halogens is 3. The van der Waals surface area contributed by atoms with E-state index in [0.29, 0.717) is 37.4 Å². The van der Waals surface area contributed by atoms with Crippen LogP contribution in [-0.4, -0.2) is 60.9 Å². The van der Waals surface area contributed by atoms with Crippen molar-refractivity contribution >= 4 is 10.0 Å². The molecule has 0 bridgehead atoms. The number of nitrogens with zero attached hydrogens (tertiary/aromatic N) is 3. The number of hydrogen-bond acceptors (Lipinski definition) is 5. The molecule has 0 radical (unpaired) electrons. The summed E-state index contributed by atoms with van der Waals surface area (Å²) in [4.78, 5) is 6.26. The molecule has 2 aromatic rings. The van der Waals surface area contributed by atoms with Crippen LogP contribution < -0.4 is 4.74 Å². The molecule has 32 heavy (non-hydrogen) atoms. The van der Waals surface area contributed by atoms with E-state index in [1.54, 1.807) is 0 Å². The quantitative estimate of drug-likeness (QED) is 0.674.